The van der Waals surface area contributed by atoms with Crippen LogP contribution in [-0.4, -0.2) is 9.97 Å². The molecule has 0 bridgehead atoms. The number of rotatable bonds is 3. The molecule has 3 aromatic carbocycles. The Kier molecular flexibility index (Phi) is 11.6. The quantitative estimate of drug-likeness (QED) is 0.158. The minimum absolute atomic E-state index is 0. The molecule has 0 saturated heterocycles. The zero-order valence-corrected chi connectivity index (χ0v) is 22.4. The van der Waals surface area contributed by atoms with E-state index in [-0.39, 0.29) is 20.1 Å². The van der Waals surface area contributed by atoms with E-state index >= 15 is 0 Å². The Balaban J connectivity index is 0.000000152. The largest absolute Gasteiger partial charge is 0.307 e. The molecule has 0 unspecified atom stereocenters. The predicted molar refractivity (Wildman–Crippen MR) is 143 cm³/mol. The Labute approximate surface area is 232 Å². The molecule has 0 atom stereocenters. The van der Waals surface area contributed by atoms with Crippen molar-refractivity contribution in [3.8, 4) is 28.2 Å². The fourth-order valence-corrected chi connectivity index (χ4v) is 3.19. The van der Waals surface area contributed by atoms with E-state index in [1.807, 2.05) is 138 Å². The second-order valence-electron chi connectivity index (χ2n) is 7.43. The van der Waals surface area contributed by atoms with Crippen LogP contribution >= 0.6 is 0 Å². The Morgan fingerprint density at radius 1 is 0.486 bits per heavy atom. The molecule has 0 amide bonds. The molecule has 0 saturated carbocycles. The first-order chi connectivity index (χ1) is 17.9. The summed E-state index contributed by atoms with van der Waals surface area (Å²) in [4.78, 5) is 8.44. The van der Waals surface area contributed by atoms with Crippen LogP contribution in [0.4, 0.5) is 0 Å². The first-order valence-corrected chi connectivity index (χ1v) is 11.5. The van der Waals surface area contributed by atoms with Gasteiger partial charge in [0.05, 0.1) is 6.20 Å². The molecule has 0 N–H and O–H groups in total. The van der Waals surface area contributed by atoms with Gasteiger partial charge in [-0.2, -0.15) is 24.3 Å². The minimum Gasteiger partial charge on any atom is -0.307 e. The summed E-state index contributed by atoms with van der Waals surface area (Å²) in [5.74, 6) is 0. The summed E-state index contributed by atoms with van der Waals surface area (Å²) in [5, 5.41) is 0. The molecule has 0 aliphatic heterocycles. The maximum atomic E-state index is 4.22. The van der Waals surface area contributed by atoms with E-state index in [0.717, 1.165) is 28.2 Å². The van der Waals surface area contributed by atoms with Crippen LogP contribution in [0.15, 0.2) is 146 Å². The molecule has 1 radical (unpaired) electrons. The van der Waals surface area contributed by atoms with Gasteiger partial charge in [0.1, 0.15) is 6.20 Å². The van der Waals surface area contributed by atoms with Gasteiger partial charge >= 0.3 is 0 Å². The summed E-state index contributed by atoms with van der Waals surface area (Å²) in [7, 11) is 0. The molecule has 6 aromatic rings. The fraction of sp³-hybridized carbons (Fsp3) is 0. The van der Waals surface area contributed by atoms with Crippen LogP contribution in [0.5, 0.6) is 0 Å². The third-order valence-electron chi connectivity index (χ3n) is 4.91. The number of hydrogen-bond acceptors (Lipinski definition) is 2. The zero-order chi connectivity index (χ0) is 24.7. The van der Waals surface area contributed by atoms with Gasteiger partial charge in [0.25, 0.3) is 0 Å². The van der Waals surface area contributed by atoms with Crippen molar-refractivity contribution in [2.75, 3.05) is 0 Å². The second-order valence-corrected chi connectivity index (χ2v) is 7.43. The van der Waals surface area contributed by atoms with Crippen LogP contribution in [0.2, 0.25) is 0 Å². The molecule has 183 valence electrons. The van der Waals surface area contributed by atoms with Crippen LogP contribution < -0.4 is 4.57 Å². The van der Waals surface area contributed by atoms with E-state index in [0.29, 0.717) is 0 Å². The first-order valence-electron chi connectivity index (χ1n) is 11.5. The molecule has 0 aliphatic rings. The molecule has 0 aliphatic carbocycles. The number of aromatic nitrogens is 3. The molecule has 3 heterocycles. The van der Waals surface area contributed by atoms with Gasteiger partial charge in [0, 0.05) is 38.2 Å². The van der Waals surface area contributed by atoms with E-state index in [9.17, 15) is 0 Å². The van der Waals surface area contributed by atoms with E-state index < -0.39 is 0 Å². The van der Waals surface area contributed by atoms with Gasteiger partial charge < -0.3 is 14.5 Å². The standard InChI is InChI=1S/3C11H8N.Ir/c1-3-7-11(8-4-1)12-9-5-2-6-10-12;2*1-2-6-10(7-3-1)11-8-4-5-9-12-11;/h1-7,9H;2*1-6,8-9H;/q3*-1;. The molecule has 37 heavy (non-hydrogen) atoms. The third-order valence-corrected chi connectivity index (χ3v) is 4.91. The number of pyridine rings is 3. The van der Waals surface area contributed by atoms with Crippen molar-refractivity contribution in [2.45, 2.75) is 0 Å². The van der Waals surface area contributed by atoms with Crippen LogP contribution in [0.3, 0.4) is 0 Å². The van der Waals surface area contributed by atoms with E-state index in [4.69, 9.17) is 0 Å². The van der Waals surface area contributed by atoms with Gasteiger partial charge in [0.15, 0.2) is 0 Å². The van der Waals surface area contributed by atoms with Crippen molar-refractivity contribution in [3.05, 3.63) is 170 Å². The Morgan fingerprint density at radius 2 is 1.00 bits per heavy atom. The van der Waals surface area contributed by atoms with Crippen molar-refractivity contribution in [3.63, 3.8) is 0 Å². The average molecular weight is 655 g/mol. The number of para-hydroxylation sites is 1. The van der Waals surface area contributed by atoms with Gasteiger partial charge in [-0.05, 0) is 23.5 Å². The molecule has 6 rings (SSSR count). The van der Waals surface area contributed by atoms with Gasteiger partial charge in [-0.25, -0.2) is 0 Å². The summed E-state index contributed by atoms with van der Waals surface area (Å²) in [6.07, 6.45) is 8.60. The minimum atomic E-state index is 0. The Bertz CT molecular complexity index is 1090. The van der Waals surface area contributed by atoms with E-state index in [1.165, 1.54) is 0 Å². The van der Waals surface area contributed by atoms with E-state index in [1.54, 1.807) is 12.4 Å². The van der Waals surface area contributed by atoms with Crippen molar-refractivity contribution >= 4 is 0 Å². The molecular formula is C33H24IrN3-3. The second kappa shape index (κ2) is 15.7. The van der Waals surface area contributed by atoms with Crippen LogP contribution in [0, 0.1) is 24.4 Å². The van der Waals surface area contributed by atoms with Gasteiger partial charge in [-0.3, -0.25) is 0 Å². The summed E-state index contributed by atoms with van der Waals surface area (Å²) in [6.45, 7) is 0. The van der Waals surface area contributed by atoms with Crippen LogP contribution in [-0.2, 0) is 20.1 Å². The average Bonchev–Trinajstić information content (AvgIpc) is 3.01. The van der Waals surface area contributed by atoms with Crippen molar-refractivity contribution < 1.29 is 24.7 Å². The molecular weight excluding hydrogens is 631 g/mol. The molecule has 3 aromatic heterocycles. The maximum Gasteiger partial charge on any atom is 0.150 e. The van der Waals surface area contributed by atoms with Crippen molar-refractivity contribution in [1.82, 2.24) is 9.97 Å². The van der Waals surface area contributed by atoms with Crippen LogP contribution in [0.1, 0.15) is 0 Å². The van der Waals surface area contributed by atoms with E-state index in [2.05, 4.69) is 34.4 Å². The number of hydrogen-bond donors (Lipinski definition) is 0. The topological polar surface area (TPSA) is 29.7 Å². The predicted octanol–water partition coefficient (Wildman–Crippen LogP) is 6.66. The Hall–Kier alpha value is -4.24. The summed E-state index contributed by atoms with van der Waals surface area (Å²) in [6, 6.07) is 50.4. The third kappa shape index (κ3) is 9.05. The van der Waals surface area contributed by atoms with Gasteiger partial charge in [-0.15, -0.1) is 83.9 Å². The molecule has 3 nitrogen and oxygen atoms in total. The Morgan fingerprint density at radius 3 is 1.41 bits per heavy atom. The summed E-state index contributed by atoms with van der Waals surface area (Å²) >= 11 is 0. The normalized spacial score (nSPS) is 9.41. The fourth-order valence-electron chi connectivity index (χ4n) is 3.19. The van der Waals surface area contributed by atoms with Crippen LogP contribution in [0.25, 0.3) is 28.2 Å². The van der Waals surface area contributed by atoms with Crippen molar-refractivity contribution in [1.29, 1.82) is 0 Å². The first kappa shape index (κ1) is 27.3. The molecule has 0 fully saturated rings. The smallest absolute Gasteiger partial charge is 0.150 e. The number of nitrogens with zero attached hydrogens (tertiary/aromatic N) is 3. The summed E-state index contributed by atoms with van der Waals surface area (Å²) < 4.78 is 1.90. The molecule has 0 spiro atoms. The number of benzene rings is 3. The SMILES string of the molecule is [Ir].[c-]1ccccc1-[n+]1[c-]cccc1.[c-]1ccccc1-c1ccccn1.[c-]1ccccc1-c1ccccn1. The molecule has 4 heteroatoms. The van der Waals surface area contributed by atoms with Crippen molar-refractivity contribution in [2.24, 2.45) is 0 Å². The summed E-state index contributed by atoms with van der Waals surface area (Å²) in [5.41, 5.74) is 5.03. The maximum absolute atomic E-state index is 4.22. The van der Waals surface area contributed by atoms with Gasteiger partial charge in [-0.1, -0.05) is 36.4 Å². The van der Waals surface area contributed by atoms with Gasteiger partial charge in [0.2, 0.25) is 0 Å². The zero-order valence-electron chi connectivity index (χ0n) is 20.0. The monoisotopic (exact) mass is 655 g/mol.